The van der Waals surface area contributed by atoms with Crippen molar-refractivity contribution >= 4 is 60.9 Å². The molecule has 10 heteroatoms. The molecule has 8 nitrogen and oxygen atoms in total. The van der Waals surface area contributed by atoms with Crippen molar-refractivity contribution in [2.24, 2.45) is 0 Å². The predicted molar refractivity (Wildman–Crippen MR) is 113 cm³/mol. The van der Waals surface area contributed by atoms with E-state index in [2.05, 4.69) is 20.5 Å². The largest absolute Gasteiger partial charge is 0.451 e. The highest BCUT2D eigenvalue weighted by Gasteiger charge is 2.20. The summed E-state index contributed by atoms with van der Waals surface area (Å²) in [5.41, 5.74) is 0.550. The fourth-order valence-electron chi connectivity index (χ4n) is 2.92. The first-order valence-corrected chi connectivity index (χ1v) is 10.7. The van der Waals surface area contributed by atoms with Gasteiger partial charge in [-0.3, -0.25) is 10.1 Å². The third-order valence-corrected chi connectivity index (χ3v) is 6.48. The Bertz CT molecular complexity index is 1010. The summed E-state index contributed by atoms with van der Waals surface area (Å²) < 4.78 is 5.94. The number of ether oxygens (including phenoxy) is 1. The number of hydrogen-bond acceptors (Lipinski definition) is 8. The van der Waals surface area contributed by atoms with Gasteiger partial charge in [-0.15, -0.1) is 11.3 Å². The van der Waals surface area contributed by atoms with E-state index in [4.69, 9.17) is 4.74 Å². The first-order chi connectivity index (χ1) is 14.1. The number of amides is 3. The standard InChI is InChI=1S/C19H18N4O4S2/c24-15(21-18(26)20-12-6-2-1-3-7-12)11-27-17(25)14-10-13-16(28-14)22-19(29-13)23-8-4-5-9-23/h1-3,6-7,10H,4-5,8-9,11H2,(H2,20,21,24,26). The number of rotatable bonds is 5. The predicted octanol–water partition coefficient (Wildman–Crippen LogP) is 3.46. The van der Waals surface area contributed by atoms with Crippen LogP contribution in [0.2, 0.25) is 0 Å². The summed E-state index contributed by atoms with van der Waals surface area (Å²) in [6, 6.07) is 9.76. The van der Waals surface area contributed by atoms with Crippen molar-refractivity contribution in [1.29, 1.82) is 0 Å². The summed E-state index contributed by atoms with van der Waals surface area (Å²) in [5, 5.41) is 5.61. The number of thiazole rings is 1. The highest BCUT2D eigenvalue weighted by atomic mass is 32.1. The van der Waals surface area contributed by atoms with Crippen LogP contribution in [0.15, 0.2) is 36.4 Å². The van der Waals surface area contributed by atoms with Gasteiger partial charge >= 0.3 is 12.0 Å². The van der Waals surface area contributed by atoms with Gasteiger partial charge in [-0.25, -0.2) is 14.6 Å². The number of benzene rings is 1. The summed E-state index contributed by atoms with van der Waals surface area (Å²) in [5.74, 6) is -1.32. The molecule has 0 bridgehead atoms. The highest BCUT2D eigenvalue weighted by Crippen LogP contribution is 2.35. The molecule has 0 saturated carbocycles. The van der Waals surface area contributed by atoms with Gasteiger partial charge in [0.1, 0.15) is 9.71 Å². The van der Waals surface area contributed by atoms with E-state index in [0.29, 0.717) is 10.6 Å². The van der Waals surface area contributed by atoms with Crippen molar-refractivity contribution in [1.82, 2.24) is 10.3 Å². The summed E-state index contributed by atoms with van der Waals surface area (Å²) in [4.78, 5) is 43.8. The zero-order valence-corrected chi connectivity index (χ0v) is 17.0. The number of imide groups is 1. The molecule has 0 unspecified atom stereocenters. The van der Waals surface area contributed by atoms with Crippen LogP contribution in [0.25, 0.3) is 9.53 Å². The van der Waals surface area contributed by atoms with E-state index in [9.17, 15) is 14.4 Å². The SMILES string of the molecule is O=C(COC(=O)c1cc2sc(N3CCCC3)nc2s1)NC(=O)Nc1ccccc1. The number of carbonyl (C=O) groups is 3. The Labute approximate surface area is 174 Å². The van der Waals surface area contributed by atoms with Crippen molar-refractivity contribution in [2.45, 2.75) is 12.8 Å². The van der Waals surface area contributed by atoms with E-state index in [1.807, 2.05) is 6.07 Å². The Balaban J connectivity index is 1.28. The maximum Gasteiger partial charge on any atom is 0.348 e. The minimum absolute atomic E-state index is 0.383. The van der Waals surface area contributed by atoms with Crippen LogP contribution in [-0.2, 0) is 9.53 Å². The molecule has 0 aliphatic carbocycles. The second-order valence-corrected chi connectivity index (χ2v) is 8.45. The zero-order valence-electron chi connectivity index (χ0n) is 15.3. The average Bonchev–Trinajstić information content (AvgIpc) is 3.42. The van der Waals surface area contributed by atoms with Crippen molar-refractivity contribution in [3.63, 3.8) is 0 Å². The minimum atomic E-state index is -0.709. The van der Waals surface area contributed by atoms with Gasteiger partial charge in [-0.05, 0) is 31.0 Å². The second kappa shape index (κ2) is 8.58. The quantitative estimate of drug-likeness (QED) is 0.601. The van der Waals surface area contributed by atoms with E-state index in [1.165, 1.54) is 24.2 Å². The lowest BCUT2D eigenvalue weighted by atomic mass is 10.3. The molecular formula is C19H18N4O4S2. The molecular weight excluding hydrogens is 412 g/mol. The molecule has 0 atom stereocenters. The normalized spacial score (nSPS) is 13.4. The van der Waals surface area contributed by atoms with Crippen molar-refractivity contribution in [3.05, 3.63) is 41.3 Å². The first kappa shape index (κ1) is 19.3. The second-order valence-electron chi connectivity index (χ2n) is 6.42. The number of aromatic nitrogens is 1. The number of fused-ring (bicyclic) bond motifs is 1. The maximum absolute atomic E-state index is 12.2. The monoisotopic (exact) mass is 430 g/mol. The van der Waals surface area contributed by atoms with Gasteiger partial charge in [-0.2, -0.15) is 0 Å². The average molecular weight is 431 g/mol. The lowest BCUT2D eigenvalue weighted by Crippen LogP contribution is -2.37. The molecule has 1 aliphatic rings. The van der Waals surface area contributed by atoms with Crippen LogP contribution < -0.4 is 15.5 Å². The molecule has 3 aromatic rings. The van der Waals surface area contributed by atoms with Gasteiger partial charge in [0.15, 0.2) is 11.7 Å². The van der Waals surface area contributed by atoms with Crippen LogP contribution in [-0.4, -0.2) is 42.6 Å². The molecule has 1 aromatic carbocycles. The Morgan fingerprint density at radius 2 is 1.86 bits per heavy atom. The van der Waals surface area contributed by atoms with Crippen molar-refractivity contribution < 1.29 is 19.1 Å². The smallest absolute Gasteiger partial charge is 0.348 e. The number of esters is 1. The summed E-state index contributed by atoms with van der Waals surface area (Å²) in [7, 11) is 0. The van der Waals surface area contributed by atoms with Gasteiger partial charge < -0.3 is 15.0 Å². The Morgan fingerprint density at radius 1 is 1.10 bits per heavy atom. The van der Waals surface area contributed by atoms with E-state index >= 15 is 0 Å². The molecule has 2 N–H and O–H groups in total. The maximum atomic E-state index is 12.2. The van der Waals surface area contributed by atoms with Crippen LogP contribution in [0.1, 0.15) is 22.5 Å². The number of hydrogen-bond donors (Lipinski definition) is 2. The van der Waals surface area contributed by atoms with Crippen molar-refractivity contribution in [3.8, 4) is 0 Å². The van der Waals surface area contributed by atoms with Gasteiger partial charge in [0.25, 0.3) is 5.91 Å². The van der Waals surface area contributed by atoms with Crippen LogP contribution in [0, 0.1) is 0 Å². The number of anilines is 2. The molecule has 0 radical (unpaired) electrons. The van der Waals surface area contributed by atoms with E-state index in [1.54, 1.807) is 41.7 Å². The van der Waals surface area contributed by atoms with Crippen LogP contribution in [0.4, 0.5) is 15.6 Å². The molecule has 150 valence electrons. The van der Waals surface area contributed by atoms with Crippen molar-refractivity contribution in [2.75, 3.05) is 29.9 Å². The van der Waals surface area contributed by atoms with Gasteiger partial charge in [-0.1, -0.05) is 29.5 Å². The fourth-order valence-corrected chi connectivity index (χ4v) is 5.07. The van der Waals surface area contributed by atoms with E-state index in [0.717, 1.165) is 27.8 Å². The summed E-state index contributed by atoms with van der Waals surface area (Å²) in [6.07, 6.45) is 2.35. The third-order valence-electron chi connectivity index (χ3n) is 4.27. The van der Waals surface area contributed by atoms with Crippen LogP contribution >= 0.6 is 22.7 Å². The molecule has 3 amide bonds. The lowest BCUT2D eigenvalue weighted by Gasteiger charge is -2.11. The Morgan fingerprint density at radius 3 is 2.59 bits per heavy atom. The zero-order chi connectivity index (χ0) is 20.2. The number of carbonyl (C=O) groups excluding carboxylic acids is 3. The first-order valence-electron chi connectivity index (χ1n) is 9.07. The van der Waals surface area contributed by atoms with Crippen LogP contribution in [0.3, 0.4) is 0 Å². The fraction of sp³-hybridized carbons (Fsp3) is 0.263. The molecule has 1 fully saturated rings. The molecule has 0 spiro atoms. The van der Waals surface area contributed by atoms with E-state index < -0.39 is 24.5 Å². The van der Waals surface area contributed by atoms with Gasteiger partial charge in [0.05, 0.1) is 4.70 Å². The van der Waals surface area contributed by atoms with E-state index in [-0.39, 0.29) is 0 Å². The highest BCUT2D eigenvalue weighted by molar-refractivity contribution is 7.29. The molecule has 29 heavy (non-hydrogen) atoms. The minimum Gasteiger partial charge on any atom is -0.451 e. The van der Waals surface area contributed by atoms with Gasteiger partial charge in [0, 0.05) is 18.8 Å². The molecule has 4 rings (SSSR count). The summed E-state index contributed by atoms with van der Waals surface area (Å²) in [6.45, 7) is 1.49. The summed E-state index contributed by atoms with van der Waals surface area (Å²) >= 11 is 2.79. The number of nitrogens with one attached hydrogen (secondary N) is 2. The Kier molecular flexibility index (Phi) is 5.72. The van der Waals surface area contributed by atoms with Gasteiger partial charge in [0.2, 0.25) is 0 Å². The molecule has 2 aromatic heterocycles. The Hall–Kier alpha value is -2.98. The van der Waals surface area contributed by atoms with Crippen LogP contribution in [0.5, 0.6) is 0 Å². The number of nitrogens with zero attached hydrogens (tertiary/aromatic N) is 2. The molecule has 1 saturated heterocycles. The number of thiophene rings is 1. The number of urea groups is 1. The molecule has 1 aliphatic heterocycles. The lowest BCUT2D eigenvalue weighted by molar-refractivity contribution is -0.123. The third kappa shape index (κ3) is 4.72. The number of para-hydroxylation sites is 1. The molecule has 3 heterocycles. The topological polar surface area (TPSA) is 101 Å².